The number of hydrogen-bond acceptors (Lipinski definition) is 5. The van der Waals surface area contributed by atoms with Crippen molar-refractivity contribution in [3.05, 3.63) is 53.7 Å². The van der Waals surface area contributed by atoms with E-state index in [0.717, 1.165) is 5.56 Å². The van der Waals surface area contributed by atoms with Crippen LogP contribution in [-0.4, -0.2) is 61.7 Å². The van der Waals surface area contributed by atoms with Crippen molar-refractivity contribution < 1.29 is 13.2 Å². The van der Waals surface area contributed by atoms with Crippen LogP contribution in [0, 0.1) is 0 Å². The number of rotatable bonds is 5. The lowest BCUT2D eigenvalue weighted by Gasteiger charge is -2.34. The monoisotopic (exact) mass is 402 g/mol. The standard InChI is InChI=1S/C20H26N4O3S/c1-15(2)16-4-6-18(7-5-16)28(26,27)24-12-10-23(11-13-24)20(25)17-8-9-22-19(14-17)21-3/h4-9,14-15H,10-13H2,1-3H3,(H,21,22). The second-order valence-electron chi connectivity index (χ2n) is 7.10. The molecule has 0 aliphatic carbocycles. The molecular weight excluding hydrogens is 376 g/mol. The lowest BCUT2D eigenvalue weighted by atomic mass is 10.0. The molecule has 150 valence electrons. The summed E-state index contributed by atoms with van der Waals surface area (Å²) in [6, 6.07) is 10.4. The molecule has 1 aromatic carbocycles. The van der Waals surface area contributed by atoms with Crippen molar-refractivity contribution in [3.8, 4) is 0 Å². The zero-order valence-corrected chi connectivity index (χ0v) is 17.2. The molecule has 0 unspecified atom stereocenters. The first kappa shape index (κ1) is 20.3. The Morgan fingerprint density at radius 2 is 1.71 bits per heavy atom. The molecule has 1 aliphatic heterocycles. The highest BCUT2D eigenvalue weighted by atomic mass is 32.2. The number of sulfonamides is 1. The van der Waals surface area contributed by atoms with Crippen LogP contribution in [0.4, 0.5) is 5.82 Å². The Balaban J connectivity index is 1.67. The van der Waals surface area contributed by atoms with Crippen molar-refractivity contribution in [3.63, 3.8) is 0 Å². The predicted octanol–water partition coefficient (Wildman–Crippen LogP) is 2.39. The summed E-state index contributed by atoms with van der Waals surface area (Å²) in [5, 5.41) is 2.91. The van der Waals surface area contributed by atoms with Crippen LogP contribution in [0.25, 0.3) is 0 Å². The van der Waals surface area contributed by atoms with Crippen molar-refractivity contribution in [2.75, 3.05) is 38.5 Å². The number of nitrogens with one attached hydrogen (secondary N) is 1. The fraction of sp³-hybridized carbons (Fsp3) is 0.400. The highest BCUT2D eigenvalue weighted by Gasteiger charge is 2.30. The Labute approximate surface area is 166 Å². The van der Waals surface area contributed by atoms with Gasteiger partial charge >= 0.3 is 0 Å². The van der Waals surface area contributed by atoms with Gasteiger partial charge in [0.1, 0.15) is 5.82 Å². The maximum absolute atomic E-state index is 12.9. The van der Waals surface area contributed by atoms with E-state index in [1.165, 1.54) is 4.31 Å². The van der Waals surface area contributed by atoms with Gasteiger partial charge in [-0.1, -0.05) is 26.0 Å². The van der Waals surface area contributed by atoms with Crippen LogP contribution >= 0.6 is 0 Å². The van der Waals surface area contributed by atoms with Crippen molar-refractivity contribution in [2.24, 2.45) is 0 Å². The Bertz CT molecular complexity index is 934. The minimum absolute atomic E-state index is 0.114. The molecule has 28 heavy (non-hydrogen) atoms. The van der Waals surface area contributed by atoms with Crippen LogP contribution in [0.1, 0.15) is 35.7 Å². The molecule has 1 fully saturated rings. The molecule has 0 bridgehead atoms. The third-order valence-electron chi connectivity index (χ3n) is 4.97. The van der Waals surface area contributed by atoms with Gasteiger partial charge in [-0.25, -0.2) is 13.4 Å². The summed E-state index contributed by atoms with van der Waals surface area (Å²) in [6.45, 7) is 5.43. The Kier molecular flexibility index (Phi) is 6.00. The largest absolute Gasteiger partial charge is 0.373 e. The van der Waals surface area contributed by atoms with E-state index in [-0.39, 0.29) is 19.0 Å². The van der Waals surface area contributed by atoms with E-state index < -0.39 is 10.0 Å². The summed E-state index contributed by atoms with van der Waals surface area (Å²) < 4.78 is 27.3. The molecule has 1 aliphatic rings. The molecule has 0 saturated carbocycles. The summed E-state index contributed by atoms with van der Waals surface area (Å²) in [5.74, 6) is 0.858. The first-order chi connectivity index (χ1) is 13.3. The maximum Gasteiger partial charge on any atom is 0.254 e. The fourth-order valence-electron chi connectivity index (χ4n) is 3.19. The lowest BCUT2D eigenvalue weighted by Crippen LogP contribution is -2.50. The Hall–Kier alpha value is -2.45. The van der Waals surface area contributed by atoms with Gasteiger partial charge in [-0.3, -0.25) is 4.79 Å². The van der Waals surface area contributed by atoms with Gasteiger partial charge in [-0.05, 0) is 35.7 Å². The van der Waals surface area contributed by atoms with Gasteiger partial charge in [0.05, 0.1) is 4.90 Å². The number of benzene rings is 1. The SMILES string of the molecule is CNc1cc(C(=O)N2CCN(S(=O)(=O)c3ccc(C(C)C)cc3)CC2)ccn1. The number of hydrogen-bond donors (Lipinski definition) is 1. The second-order valence-corrected chi connectivity index (χ2v) is 9.04. The van der Waals surface area contributed by atoms with Crippen molar-refractivity contribution in [2.45, 2.75) is 24.7 Å². The zero-order chi connectivity index (χ0) is 20.3. The van der Waals surface area contributed by atoms with Crippen LogP contribution in [-0.2, 0) is 10.0 Å². The molecular formula is C20H26N4O3S. The van der Waals surface area contributed by atoms with Crippen LogP contribution in [0.3, 0.4) is 0 Å². The van der Waals surface area contributed by atoms with Gasteiger partial charge in [0, 0.05) is 45.0 Å². The Morgan fingerprint density at radius 1 is 1.07 bits per heavy atom. The molecule has 0 spiro atoms. The molecule has 8 heteroatoms. The van der Waals surface area contributed by atoms with E-state index in [1.807, 2.05) is 12.1 Å². The quantitative estimate of drug-likeness (QED) is 0.830. The predicted molar refractivity (Wildman–Crippen MR) is 109 cm³/mol. The summed E-state index contributed by atoms with van der Waals surface area (Å²) >= 11 is 0. The first-order valence-electron chi connectivity index (χ1n) is 9.36. The van der Waals surface area contributed by atoms with E-state index in [4.69, 9.17) is 0 Å². The average Bonchev–Trinajstić information content (AvgIpc) is 2.73. The number of piperazine rings is 1. The summed E-state index contributed by atoms with van der Waals surface area (Å²) in [5.41, 5.74) is 1.65. The van der Waals surface area contributed by atoms with E-state index in [0.29, 0.717) is 35.3 Å². The molecule has 1 aromatic heterocycles. The normalized spacial score (nSPS) is 15.6. The lowest BCUT2D eigenvalue weighted by molar-refractivity contribution is 0.0698. The molecule has 2 heterocycles. The van der Waals surface area contributed by atoms with Gasteiger partial charge in [0.25, 0.3) is 5.91 Å². The molecule has 7 nitrogen and oxygen atoms in total. The minimum Gasteiger partial charge on any atom is -0.373 e. The third kappa shape index (κ3) is 4.18. The van der Waals surface area contributed by atoms with E-state index >= 15 is 0 Å². The number of carbonyl (C=O) groups excluding carboxylic acids is 1. The first-order valence-corrected chi connectivity index (χ1v) is 10.8. The summed E-state index contributed by atoms with van der Waals surface area (Å²) in [6.07, 6.45) is 1.58. The van der Waals surface area contributed by atoms with Crippen molar-refractivity contribution in [1.82, 2.24) is 14.2 Å². The van der Waals surface area contributed by atoms with E-state index in [9.17, 15) is 13.2 Å². The van der Waals surface area contributed by atoms with Gasteiger partial charge in [-0.2, -0.15) is 4.31 Å². The van der Waals surface area contributed by atoms with Gasteiger partial charge < -0.3 is 10.2 Å². The van der Waals surface area contributed by atoms with Crippen LogP contribution in [0.5, 0.6) is 0 Å². The van der Waals surface area contributed by atoms with E-state index in [1.54, 1.807) is 42.4 Å². The molecule has 1 saturated heterocycles. The molecule has 0 atom stereocenters. The van der Waals surface area contributed by atoms with Crippen LogP contribution in [0.15, 0.2) is 47.5 Å². The van der Waals surface area contributed by atoms with Crippen LogP contribution < -0.4 is 5.32 Å². The van der Waals surface area contributed by atoms with Gasteiger partial charge in [0.2, 0.25) is 10.0 Å². The summed E-state index contributed by atoms with van der Waals surface area (Å²) in [4.78, 5) is 18.8. The highest BCUT2D eigenvalue weighted by molar-refractivity contribution is 7.89. The maximum atomic E-state index is 12.9. The van der Waals surface area contributed by atoms with Crippen LogP contribution in [0.2, 0.25) is 0 Å². The van der Waals surface area contributed by atoms with Crippen molar-refractivity contribution >= 4 is 21.7 Å². The number of anilines is 1. The number of pyridine rings is 1. The second kappa shape index (κ2) is 8.28. The number of aromatic nitrogens is 1. The summed E-state index contributed by atoms with van der Waals surface area (Å²) in [7, 11) is -1.81. The molecule has 1 N–H and O–H groups in total. The fourth-order valence-corrected chi connectivity index (χ4v) is 4.61. The molecule has 2 aromatic rings. The Morgan fingerprint density at radius 3 is 2.29 bits per heavy atom. The number of nitrogens with zero attached hydrogens (tertiary/aromatic N) is 3. The van der Waals surface area contributed by atoms with Gasteiger partial charge in [0.15, 0.2) is 0 Å². The minimum atomic E-state index is -3.55. The molecule has 1 amide bonds. The number of amides is 1. The van der Waals surface area contributed by atoms with E-state index in [2.05, 4.69) is 24.1 Å². The highest BCUT2D eigenvalue weighted by Crippen LogP contribution is 2.22. The van der Waals surface area contributed by atoms with Gasteiger partial charge in [-0.15, -0.1) is 0 Å². The third-order valence-corrected chi connectivity index (χ3v) is 6.89. The zero-order valence-electron chi connectivity index (χ0n) is 16.4. The smallest absolute Gasteiger partial charge is 0.254 e. The average molecular weight is 403 g/mol. The topological polar surface area (TPSA) is 82.6 Å². The number of carbonyl (C=O) groups is 1. The molecule has 0 radical (unpaired) electrons. The van der Waals surface area contributed by atoms with Crippen molar-refractivity contribution in [1.29, 1.82) is 0 Å². The molecule has 3 rings (SSSR count).